The molecule has 0 aliphatic carbocycles. The Morgan fingerprint density at radius 1 is 0.662 bits per heavy atom. The maximum absolute atomic E-state index is 13.7. The maximum Gasteiger partial charge on any atom is 0.331 e. The second-order valence-electron chi connectivity index (χ2n) is 22.4. The first-order valence-corrected chi connectivity index (χ1v) is 24.3. The first kappa shape index (κ1) is 61.4. The minimum absolute atomic E-state index is 0.00822. The second kappa shape index (κ2) is 26.4. The number of nitrogens with one attached hydrogen (secondary N) is 4. The number of likely N-dealkylation sites (N-methyl/N-ethyl adjacent to an activating group) is 4. The summed E-state index contributed by atoms with van der Waals surface area (Å²) in [4.78, 5) is 82.6. The van der Waals surface area contributed by atoms with Crippen LogP contribution in [0, 0.1) is 28.6 Å². The number of aliphatic carboxylic acids is 2. The highest BCUT2D eigenvalue weighted by molar-refractivity contribution is 5.92. The average Bonchev–Trinajstić information content (AvgIpc) is 3.24. The van der Waals surface area contributed by atoms with Gasteiger partial charge < -0.3 is 46.2 Å². The van der Waals surface area contributed by atoms with Crippen molar-refractivity contribution < 1.29 is 39.0 Å². The van der Waals surface area contributed by atoms with Gasteiger partial charge in [0.25, 0.3) is 0 Å². The molecular weight excluding hydrogens is 863 g/mol. The van der Waals surface area contributed by atoms with Crippen LogP contribution in [0.3, 0.4) is 0 Å². The number of rotatable bonds is 20. The van der Waals surface area contributed by atoms with Gasteiger partial charge in [0.2, 0.25) is 23.6 Å². The van der Waals surface area contributed by atoms with Crippen molar-refractivity contribution in [3.05, 3.63) is 59.2 Å². The van der Waals surface area contributed by atoms with E-state index < -0.39 is 58.4 Å². The quantitative estimate of drug-likeness (QED) is 0.0798. The van der Waals surface area contributed by atoms with Crippen LogP contribution in [-0.4, -0.2) is 144 Å². The van der Waals surface area contributed by atoms with E-state index >= 15 is 0 Å². The molecule has 68 heavy (non-hydrogen) atoms. The zero-order valence-electron chi connectivity index (χ0n) is 45.3. The molecule has 4 amide bonds. The number of carbonyl (C=O) groups excluding carboxylic acids is 4. The molecule has 1 fully saturated rings. The van der Waals surface area contributed by atoms with Crippen molar-refractivity contribution in [2.45, 2.75) is 171 Å². The summed E-state index contributed by atoms with van der Waals surface area (Å²) in [7, 11) is 6.88. The van der Waals surface area contributed by atoms with Gasteiger partial charge in [0, 0.05) is 43.2 Å². The van der Waals surface area contributed by atoms with Crippen LogP contribution < -0.4 is 21.3 Å². The molecule has 7 atom stereocenters. The van der Waals surface area contributed by atoms with Crippen molar-refractivity contribution in [1.29, 1.82) is 0 Å². The number of benzene rings is 1. The topological polar surface area (TPSA) is 201 Å². The molecule has 2 rings (SSSR count). The fraction of sp³-hybridized carbons (Fsp3) is 0.698. The molecule has 0 aromatic heterocycles. The third kappa shape index (κ3) is 17.4. The molecule has 1 aromatic rings. The second-order valence-corrected chi connectivity index (χ2v) is 22.4. The summed E-state index contributed by atoms with van der Waals surface area (Å²) in [5.41, 5.74) is -0.244. The van der Waals surface area contributed by atoms with Crippen molar-refractivity contribution in [3.8, 4) is 0 Å². The van der Waals surface area contributed by atoms with E-state index in [1.54, 1.807) is 50.1 Å². The lowest BCUT2D eigenvalue weighted by Crippen LogP contribution is -2.61. The first-order chi connectivity index (χ1) is 31.2. The molecule has 1 aliphatic heterocycles. The largest absolute Gasteiger partial charge is 0.478 e. The van der Waals surface area contributed by atoms with Crippen LogP contribution >= 0.6 is 0 Å². The monoisotopic (exact) mass is 954 g/mol. The van der Waals surface area contributed by atoms with Crippen LogP contribution in [0.1, 0.15) is 129 Å². The fourth-order valence-electron chi connectivity index (χ4n) is 8.83. The molecule has 1 unspecified atom stereocenters. The summed E-state index contributed by atoms with van der Waals surface area (Å²) in [6.07, 6.45) is 5.22. The highest BCUT2D eigenvalue weighted by Crippen LogP contribution is 2.30. The number of nitrogens with zero attached hydrogens (tertiary/aromatic N) is 3. The Morgan fingerprint density at radius 3 is 1.41 bits per heavy atom. The Morgan fingerprint density at radius 2 is 1.07 bits per heavy atom. The molecular formula is C53H91N7O8. The Kier molecular flexibility index (Phi) is 23.8. The minimum atomic E-state index is -1.02. The zero-order valence-corrected chi connectivity index (χ0v) is 45.3. The van der Waals surface area contributed by atoms with Gasteiger partial charge in [-0.2, -0.15) is 0 Å². The van der Waals surface area contributed by atoms with Gasteiger partial charge in [0.05, 0.1) is 24.2 Å². The molecule has 6 N–H and O–H groups in total. The third-order valence-electron chi connectivity index (χ3n) is 13.3. The van der Waals surface area contributed by atoms with E-state index in [-0.39, 0.29) is 58.6 Å². The van der Waals surface area contributed by atoms with Gasteiger partial charge in [-0.25, -0.2) is 9.59 Å². The summed E-state index contributed by atoms with van der Waals surface area (Å²) in [6, 6.07) is 6.89. The lowest BCUT2D eigenvalue weighted by molar-refractivity contribution is -0.141. The number of carbonyl (C=O) groups is 6. The van der Waals surface area contributed by atoms with Crippen molar-refractivity contribution in [3.63, 3.8) is 0 Å². The smallest absolute Gasteiger partial charge is 0.331 e. The van der Waals surface area contributed by atoms with Crippen molar-refractivity contribution in [1.82, 2.24) is 36.0 Å². The number of likely N-dealkylation sites (tertiary alicyclic amines) is 1. The van der Waals surface area contributed by atoms with E-state index in [1.165, 1.54) is 13.8 Å². The standard InChI is InChI=1S/C27H43N3O4.C26H48N4O4/c1-17(2)20(16-18(3)25(33)34)30(10)24(32)22(26(4,5)6)29-23(31)21(28-9)27(7,8)19-14-12-11-13-15-19;1-16(2)20(14-18(5)25(33)34)29(10)24(32)22(26(6,7)8)28-23(31)21(27-9)19-12-11-13-30(15-19)17(3)4/h11-17,20-22,28H,1-10H3,(H,29,31)(H,33,34);14,16-17,19-22,27H,11-13,15H2,1-10H3,(H,28,31)(H,33,34)/b18-16+;18-14+/t20-,21-,22-;19?,20-,21+,22-/m11/s1. The van der Waals surface area contributed by atoms with Crippen LogP contribution in [0.25, 0.3) is 0 Å². The molecule has 0 radical (unpaired) electrons. The van der Waals surface area contributed by atoms with Crippen molar-refractivity contribution in [2.75, 3.05) is 41.3 Å². The van der Waals surface area contributed by atoms with Gasteiger partial charge in [0.15, 0.2) is 0 Å². The lowest BCUT2D eigenvalue weighted by atomic mass is 9.76. The predicted octanol–water partition coefficient (Wildman–Crippen LogP) is 6.34. The molecule has 386 valence electrons. The van der Waals surface area contributed by atoms with E-state index in [9.17, 15) is 39.0 Å². The fourth-order valence-corrected chi connectivity index (χ4v) is 8.83. The number of piperidine rings is 1. The van der Waals surface area contributed by atoms with Crippen LogP contribution in [0.5, 0.6) is 0 Å². The summed E-state index contributed by atoms with van der Waals surface area (Å²) in [5.74, 6) is -2.79. The van der Waals surface area contributed by atoms with E-state index in [2.05, 4.69) is 40.0 Å². The van der Waals surface area contributed by atoms with E-state index in [1.807, 2.05) is 113 Å². The number of amides is 4. The Bertz CT molecular complexity index is 1900. The number of carboxylic acids is 2. The summed E-state index contributed by atoms with van der Waals surface area (Å²) < 4.78 is 0. The SMILES string of the molecule is CN[C@H](C(=O)N[C@H](C(=O)N(C)[C@H](/C=C(\C)C(=O)O)C(C)C)C(C)(C)C)C(C)(C)c1ccccc1.CN[C@H](C(=O)N[C@H](C(=O)N(C)[C@H](/C=C(\C)C(=O)O)C(C)C)C(C)(C)C)C1CCCN(C(C)C)C1. The number of hydrogen-bond donors (Lipinski definition) is 6. The van der Waals surface area contributed by atoms with Crippen LogP contribution in [-0.2, 0) is 34.2 Å². The molecule has 1 heterocycles. The normalized spacial score (nSPS) is 18.1. The number of carboxylic acid groups (broad SMARTS) is 2. The van der Waals surface area contributed by atoms with Crippen LogP contribution in [0.15, 0.2) is 53.6 Å². The Balaban J connectivity index is 0.000000680. The van der Waals surface area contributed by atoms with Gasteiger partial charge in [-0.15, -0.1) is 0 Å². The summed E-state index contributed by atoms with van der Waals surface area (Å²) in [6.45, 7) is 32.6. The molecule has 1 saturated heterocycles. The number of hydrogen-bond acceptors (Lipinski definition) is 9. The summed E-state index contributed by atoms with van der Waals surface area (Å²) >= 11 is 0. The molecule has 1 aromatic carbocycles. The van der Waals surface area contributed by atoms with E-state index in [4.69, 9.17) is 0 Å². The summed E-state index contributed by atoms with van der Waals surface area (Å²) in [5, 5.41) is 31.0. The molecule has 0 spiro atoms. The molecule has 15 heteroatoms. The predicted molar refractivity (Wildman–Crippen MR) is 273 cm³/mol. The van der Waals surface area contributed by atoms with Gasteiger partial charge in [-0.05, 0) is 95.3 Å². The molecule has 0 bridgehead atoms. The van der Waals surface area contributed by atoms with Crippen molar-refractivity contribution >= 4 is 35.6 Å². The maximum atomic E-state index is 13.7. The van der Waals surface area contributed by atoms with E-state index in [0.29, 0.717) is 6.04 Å². The van der Waals surface area contributed by atoms with Crippen LogP contribution in [0.2, 0.25) is 0 Å². The average molecular weight is 954 g/mol. The van der Waals surface area contributed by atoms with Gasteiger partial charge in [-0.1, -0.05) is 126 Å². The highest BCUT2D eigenvalue weighted by Gasteiger charge is 2.43. The Hall–Kier alpha value is -4.60. The van der Waals surface area contributed by atoms with Crippen LogP contribution in [0.4, 0.5) is 0 Å². The van der Waals surface area contributed by atoms with E-state index in [0.717, 1.165) is 31.5 Å². The van der Waals surface area contributed by atoms with Gasteiger partial charge in [0.1, 0.15) is 12.1 Å². The zero-order chi connectivity index (χ0) is 52.8. The lowest BCUT2D eigenvalue weighted by Gasteiger charge is -2.40. The first-order valence-electron chi connectivity index (χ1n) is 24.3. The van der Waals surface area contributed by atoms with Crippen molar-refractivity contribution in [2.24, 2.45) is 28.6 Å². The van der Waals surface area contributed by atoms with Gasteiger partial charge in [-0.3, -0.25) is 19.2 Å². The highest BCUT2D eigenvalue weighted by atomic mass is 16.4. The Labute approximate surface area is 409 Å². The molecule has 1 aliphatic rings. The third-order valence-corrected chi connectivity index (χ3v) is 13.3. The molecule has 15 nitrogen and oxygen atoms in total. The van der Waals surface area contributed by atoms with Gasteiger partial charge >= 0.3 is 11.9 Å². The molecule has 0 saturated carbocycles. The minimum Gasteiger partial charge on any atom is -0.478 e.